The molecule has 0 aliphatic heterocycles. The van der Waals surface area contributed by atoms with Gasteiger partial charge in [-0.2, -0.15) is 0 Å². The van der Waals surface area contributed by atoms with Crippen molar-refractivity contribution in [2.24, 2.45) is 22.7 Å². The number of aromatic amines is 1. The first-order valence-electron chi connectivity index (χ1n) is 13.9. The number of anilines is 1. The quantitative estimate of drug-likeness (QED) is 0.396. The molecule has 2 amide bonds. The zero-order valence-electron chi connectivity index (χ0n) is 22.2. The van der Waals surface area contributed by atoms with Gasteiger partial charge in [-0.15, -0.1) is 0 Å². The molecule has 4 aliphatic carbocycles. The molecular formula is C31H34N4O4. The van der Waals surface area contributed by atoms with E-state index in [4.69, 9.17) is 0 Å². The van der Waals surface area contributed by atoms with Crippen molar-refractivity contribution in [3.8, 4) is 5.88 Å². The molecule has 3 N–H and O–H groups in total. The minimum atomic E-state index is -0.805. The van der Waals surface area contributed by atoms with Crippen LogP contribution in [-0.4, -0.2) is 26.9 Å². The van der Waals surface area contributed by atoms with Crippen molar-refractivity contribution in [1.29, 1.82) is 0 Å². The third-order valence-electron chi connectivity index (χ3n) is 9.10. The summed E-state index contributed by atoms with van der Waals surface area (Å²) >= 11 is 0. The van der Waals surface area contributed by atoms with Crippen LogP contribution in [-0.2, 0) is 18.4 Å². The number of amides is 2. The van der Waals surface area contributed by atoms with Gasteiger partial charge in [0.05, 0.1) is 6.21 Å². The highest BCUT2D eigenvalue weighted by molar-refractivity contribution is 5.99. The lowest BCUT2D eigenvalue weighted by atomic mass is 9.48. The molecule has 0 saturated heterocycles. The topological polar surface area (TPSA) is 117 Å². The van der Waals surface area contributed by atoms with E-state index in [2.05, 4.69) is 27.4 Å². The lowest BCUT2D eigenvalue weighted by Crippen LogP contribution is -2.48. The van der Waals surface area contributed by atoms with Gasteiger partial charge in [-0.3, -0.25) is 14.3 Å². The number of aryl methyl sites for hydroxylation is 2. The van der Waals surface area contributed by atoms with Crippen LogP contribution in [0.25, 0.3) is 0 Å². The van der Waals surface area contributed by atoms with Gasteiger partial charge in [0, 0.05) is 12.2 Å². The molecule has 1 aromatic heterocycles. The van der Waals surface area contributed by atoms with Crippen LogP contribution >= 0.6 is 0 Å². The summed E-state index contributed by atoms with van der Waals surface area (Å²) in [6, 6.07) is 15.2. The van der Waals surface area contributed by atoms with Gasteiger partial charge in [0.2, 0.25) is 5.88 Å². The Balaban J connectivity index is 1.16. The normalized spacial score (nSPS) is 25.3. The number of aromatic nitrogens is 2. The smallest absolute Gasteiger partial charge is 0.345 e. The van der Waals surface area contributed by atoms with Crippen LogP contribution in [0.1, 0.15) is 60.8 Å². The van der Waals surface area contributed by atoms with Crippen LogP contribution in [0.2, 0.25) is 0 Å². The fourth-order valence-corrected chi connectivity index (χ4v) is 7.65. The van der Waals surface area contributed by atoms with Crippen LogP contribution in [0, 0.1) is 24.7 Å². The first-order chi connectivity index (χ1) is 18.8. The second kappa shape index (κ2) is 9.98. The Labute approximate surface area is 226 Å². The minimum Gasteiger partial charge on any atom is -0.494 e. The third-order valence-corrected chi connectivity index (χ3v) is 9.10. The van der Waals surface area contributed by atoms with Crippen molar-refractivity contribution < 1.29 is 9.90 Å². The number of rotatable bonds is 6. The summed E-state index contributed by atoms with van der Waals surface area (Å²) in [6.45, 7) is 2.15. The summed E-state index contributed by atoms with van der Waals surface area (Å²) in [5, 5.41) is 13.4. The maximum Gasteiger partial charge on any atom is 0.345 e. The van der Waals surface area contributed by atoms with Crippen molar-refractivity contribution in [1.82, 2.24) is 9.55 Å². The molecule has 4 saturated carbocycles. The SMILES string of the molecule is Cc1cc(C23CC4CC(CC(C4)C2)C3)ccc1NC(=O)N=Cc1c(O)n(CCc2ccccc2)c(=O)[nH]c1=O. The van der Waals surface area contributed by atoms with E-state index in [1.54, 1.807) is 0 Å². The van der Waals surface area contributed by atoms with Gasteiger partial charge in [0.1, 0.15) is 5.56 Å². The number of nitrogens with one attached hydrogen (secondary N) is 2. The van der Waals surface area contributed by atoms with Gasteiger partial charge in [-0.25, -0.2) is 14.6 Å². The fourth-order valence-electron chi connectivity index (χ4n) is 7.65. The molecule has 39 heavy (non-hydrogen) atoms. The number of H-pyrrole nitrogens is 1. The van der Waals surface area contributed by atoms with E-state index < -0.39 is 23.2 Å². The number of urea groups is 1. The lowest BCUT2D eigenvalue weighted by Gasteiger charge is -2.57. The molecule has 202 valence electrons. The number of benzene rings is 2. The standard InChI is InChI=1S/C31H34N4O4/c1-19-11-24(31-15-21-12-22(16-31)14-23(13-21)17-31)7-8-26(19)33-29(38)32-18-25-27(36)34-30(39)35(28(25)37)10-9-20-5-3-2-4-6-20/h2-8,11,18,21-23,37H,9-10,12-17H2,1H3,(H,33,38)(H,34,36,39). The Morgan fingerprint density at radius 3 is 2.38 bits per heavy atom. The second-order valence-corrected chi connectivity index (χ2v) is 11.8. The number of carbonyl (C=O) groups is 1. The van der Waals surface area contributed by atoms with Crippen molar-refractivity contribution >= 4 is 17.9 Å². The van der Waals surface area contributed by atoms with Crippen LogP contribution in [0.5, 0.6) is 5.88 Å². The van der Waals surface area contributed by atoms with Gasteiger partial charge in [0.15, 0.2) is 0 Å². The third kappa shape index (κ3) is 4.95. The zero-order valence-corrected chi connectivity index (χ0v) is 22.2. The van der Waals surface area contributed by atoms with Gasteiger partial charge in [0.25, 0.3) is 5.56 Å². The summed E-state index contributed by atoms with van der Waals surface area (Å²) in [4.78, 5) is 43.4. The van der Waals surface area contributed by atoms with Crippen molar-refractivity contribution in [2.45, 2.75) is 63.8 Å². The maximum absolute atomic E-state index is 12.7. The Morgan fingerprint density at radius 1 is 1.08 bits per heavy atom. The number of nitrogens with zero attached hydrogens (tertiary/aromatic N) is 2. The van der Waals surface area contributed by atoms with E-state index >= 15 is 0 Å². The Morgan fingerprint density at radius 2 is 1.74 bits per heavy atom. The molecule has 3 aromatic rings. The molecule has 8 heteroatoms. The van der Waals surface area contributed by atoms with Crippen LogP contribution in [0.15, 0.2) is 63.1 Å². The molecule has 0 spiro atoms. The zero-order chi connectivity index (χ0) is 27.1. The molecule has 4 fully saturated rings. The molecule has 4 aliphatic rings. The summed E-state index contributed by atoms with van der Waals surface area (Å²) in [7, 11) is 0. The molecule has 0 radical (unpaired) electrons. The van der Waals surface area contributed by atoms with Gasteiger partial charge in [-0.1, -0.05) is 42.5 Å². The van der Waals surface area contributed by atoms with E-state index in [0.717, 1.165) is 39.7 Å². The van der Waals surface area contributed by atoms with E-state index in [9.17, 15) is 19.5 Å². The first-order valence-corrected chi connectivity index (χ1v) is 13.9. The van der Waals surface area contributed by atoms with Crippen LogP contribution in [0.4, 0.5) is 10.5 Å². The van der Waals surface area contributed by atoms with E-state index in [-0.39, 0.29) is 17.5 Å². The van der Waals surface area contributed by atoms with E-state index in [1.165, 1.54) is 44.1 Å². The Bertz CT molecular complexity index is 1520. The summed E-state index contributed by atoms with van der Waals surface area (Å²) < 4.78 is 1.07. The average molecular weight is 527 g/mol. The number of carbonyl (C=O) groups excluding carboxylic acids is 1. The van der Waals surface area contributed by atoms with Gasteiger partial charge < -0.3 is 10.4 Å². The Hall–Kier alpha value is -3.94. The van der Waals surface area contributed by atoms with E-state index in [0.29, 0.717) is 12.1 Å². The van der Waals surface area contributed by atoms with Crippen LogP contribution in [0.3, 0.4) is 0 Å². The monoisotopic (exact) mass is 526 g/mol. The molecule has 2 aromatic carbocycles. The Kier molecular flexibility index (Phi) is 6.49. The van der Waals surface area contributed by atoms with Gasteiger partial charge in [-0.05, 0) is 97.8 Å². The minimum absolute atomic E-state index is 0.160. The molecule has 0 atom stereocenters. The summed E-state index contributed by atoms with van der Waals surface area (Å²) in [5.41, 5.74) is 2.52. The molecule has 8 nitrogen and oxygen atoms in total. The maximum atomic E-state index is 12.7. The van der Waals surface area contributed by atoms with Crippen molar-refractivity contribution in [3.63, 3.8) is 0 Å². The highest BCUT2D eigenvalue weighted by Gasteiger charge is 2.51. The largest absolute Gasteiger partial charge is 0.494 e. The average Bonchev–Trinajstić information content (AvgIpc) is 2.89. The first kappa shape index (κ1) is 25.3. The van der Waals surface area contributed by atoms with E-state index in [1.807, 2.05) is 43.3 Å². The number of aliphatic imine (C=N–C) groups is 1. The highest BCUT2D eigenvalue weighted by atomic mass is 16.3. The molecule has 7 rings (SSSR count). The number of hydrogen-bond acceptors (Lipinski definition) is 4. The van der Waals surface area contributed by atoms with Crippen molar-refractivity contribution in [3.05, 3.63) is 91.6 Å². The predicted octanol–water partition coefficient (Wildman–Crippen LogP) is 4.91. The predicted molar refractivity (Wildman–Crippen MR) is 151 cm³/mol. The fraction of sp³-hybridized carbons (Fsp3) is 0.419. The highest BCUT2D eigenvalue weighted by Crippen LogP contribution is 2.60. The van der Waals surface area contributed by atoms with Gasteiger partial charge >= 0.3 is 11.7 Å². The molecule has 0 unspecified atom stereocenters. The molecule has 1 heterocycles. The summed E-state index contributed by atoms with van der Waals surface area (Å²) in [5.74, 6) is 2.06. The molecular weight excluding hydrogens is 492 g/mol. The summed E-state index contributed by atoms with van der Waals surface area (Å²) in [6.07, 6.45) is 9.50. The van der Waals surface area contributed by atoms with Crippen molar-refractivity contribution in [2.75, 3.05) is 5.32 Å². The number of hydrogen-bond donors (Lipinski definition) is 3. The lowest BCUT2D eigenvalue weighted by molar-refractivity contribution is -0.00520. The molecule has 4 bridgehead atoms. The number of aromatic hydroxyl groups is 1. The second-order valence-electron chi connectivity index (χ2n) is 11.8. The van der Waals surface area contributed by atoms with Crippen LogP contribution < -0.4 is 16.6 Å².